The molecule has 0 radical (unpaired) electrons. The molecule has 0 aliphatic heterocycles. The van der Waals surface area contributed by atoms with Crippen molar-refractivity contribution in [2.75, 3.05) is 32.2 Å². The van der Waals surface area contributed by atoms with Crippen LogP contribution >= 0.6 is 11.3 Å². The number of aryl methyl sites for hydroxylation is 1. The largest absolute Gasteiger partial charge is 0.394 e. The Morgan fingerprint density at radius 2 is 2.17 bits per heavy atom. The zero-order valence-electron chi connectivity index (χ0n) is 13.8. The average Bonchev–Trinajstić information content (AvgIpc) is 2.85. The lowest BCUT2D eigenvalue weighted by molar-refractivity contribution is 0.0873. The first-order valence-electron chi connectivity index (χ1n) is 7.30. The molecule has 0 saturated heterocycles. The van der Waals surface area contributed by atoms with Gasteiger partial charge in [0.15, 0.2) is 0 Å². The Bertz CT molecular complexity index is 699. The summed E-state index contributed by atoms with van der Waals surface area (Å²) in [5.74, 6) is 0.480. The Labute approximate surface area is 139 Å². The van der Waals surface area contributed by atoms with Gasteiger partial charge in [0.1, 0.15) is 17.0 Å². The molecule has 0 fully saturated rings. The predicted octanol–water partition coefficient (Wildman–Crippen LogP) is 1.56. The number of anilines is 1. The van der Waals surface area contributed by atoms with Gasteiger partial charge in [-0.15, -0.1) is 11.3 Å². The molecule has 3 N–H and O–H groups in total. The minimum absolute atomic E-state index is 0.133. The van der Waals surface area contributed by atoms with Gasteiger partial charge in [-0.2, -0.15) is 0 Å². The standard InChI is InChI=1S/C15H22N4O3S/c1-9-10-12(16-5-6-22-4)17-8-18-14(10)23-11(9)13(21)19-15(2,3)7-20/h8,20H,5-7H2,1-4H3,(H,19,21)(H,16,17,18). The van der Waals surface area contributed by atoms with E-state index in [0.717, 1.165) is 15.8 Å². The van der Waals surface area contributed by atoms with Crippen LogP contribution in [0.2, 0.25) is 0 Å². The van der Waals surface area contributed by atoms with Gasteiger partial charge < -0.3 is 20.5 Å². The van der Waals surface area contributed by atoms with E-state index < -0.39 is 5.54 Å². The van der Waals surface area contributed by atoms with Crippen molar-refractivity contribution < 1.29 is 14.6 Å². The first kappa shape index (κ1) is 17.6. The third kappa shape index (κ3) is 3.95. The third-order valence-electron chi connectivity index (χ3n) is 3.38. The van der Waals surface area contributed by atoms with Gasteiger partial charge in [-0.25, -0.2) is 9.97 Å². The van der Waals surface area contributed by atoms with E-state index in [0.29, 0.717) is 23.8 Å². The van der Waals surface area contributed by atoms with Crippen LogP contribution in [0.15, 0.2) is 6.33 Å². The van der Waals surface area contributed by atoms with Crippen molar-refractivity contribution in [2.45, 2.75) is 26.3 Å². The van der Waals surface area contributed by atoms with Crippen LogP contribution in [-0.4, -0.2) is 53.4 Å². The molecular formula is C15H22N4O3S. The monoisotopic (exact) mass is 338 g/mol. The summed E-state index contributed by atoms with van der Waals surface area (Å²) in [4.78, 5) is 22.3. The van der Waals surface area contributed by atoms with Crippen molar-refractivity contribution in [3.8, 4) is 0 Å². The number of fused-ring (bicyclic) bond motifs is 1. The van der Waals surface area contributed by atoms with Crippen LogP contribution in [0.4, 0.5) is 5.82 Å². The van der Waals surface area contributed by atoms with Crippen LogP contribution in [0.3, 0.4) is 0 Å². The molecule has 0 aromatic carbocycles. The first-order chi connectivity index (χ1) is 10.9. The van der Waals surface area contributed by atoms with E-state index in [1.54, 1.807) is 21.0 Å². The Balaban J connectivity index is 2.34. The zero-order valence-corrected chi connectivity index (χ0v) is 14.6. The molecule has 2 aromatic heterocycles. The second kappa shape index (κ2) is 7.20. The van der Waals surface area contributed by atoms with Crippen LogP contribution in [0.25, 0.3) is 10.2 Å². The van der Waals surface area contributed by atoms with Gasteiger partial charge in [-0.05, 0) is 26.3 Å². The SMILES string of the molecule is COCCNc1ncnc2sc(C(=O)NC(C)(C)CO)c(C)c12. The van der Waals surface area contributed by atoms with Gasteiger partial charge >= 0.3 is 0 Å². The number of hydrogen-bond acceptors (Lipinski definition) is 7. The maximum Gasteiger partial charge on any atom is 0.262 e. The van der Waals surface area contributed by atoms with E-state index in [4.69, 9.17) is 4.74 Å². The minimum atomic E-state index is -0.676. The Kier molecular flexibility index (Phi) is 5.51. The highest BCUT2D eigenvalue weighted by molar-refractivity contribution is 7.20. The number of rotatable bonds is 7. The van der Waals surface area contributed by atoms with Crippen LogP contribution < -0.4 is 10.6 Å². The van der Waals surface area contributed by atoms with E-state index in [1.807, 2.05) is 6.92 Å². The van der Waals surface area contributed by atoms with E-state index >= 15 is 0 Å². The topological polar surface area (TPSA) is 96.4 Å². The van der Waals surface area contributed by atoms with Gasteiger partial charge in [-0.1, -0.05) is 0 Å². The molecule has 0 aliphatic carbocycles. The molecule has 2 rings (SSSR count). The number of nitrogens with zero attached hydrogens (tertiary/aromatic N) is 2. The lowest BCUT2D eigenvalue weighted by Crippen LogP contribution is -2.46. The van der Waals surface area contributed by atoms with Gasteiger partial charge in [-0.3, -0.25) is 4.79 Å². The molecule has 0 spiro atoms. The normalized spacial score (nSPS) is 11.7. The number of ether oxygens (including phenoxy) is 1. The molecule has 1 amide bonds. The molecule has 23 heavy (non-hydrogen) atoms. The highest BCUT2D eigenvalue weighted by Gasteiger charge is 2.24. The van der Waals surface area contributed by atoms with E-state index in [2.05, 4.69) is 20.6 Å². The maximum atomic E-state index is 12.5. The minimum Gasteiger partial charge on any atom is -0.394 e. The summed E-state index contributed by atoms with van der Waals surface area (Å²) in [5.41, 5.74) is 0.155. The summed E-state index contributed by atoms with van der Waals surface area (Å²) in [6, 6.07) is 0. The molecule has 0 atom stereocenters. The molecule has 0 unspecified atom stereocenters. The molecule has 0 aliphatic rings. The number of thiophene rings is 1. The number of methoxy groups -OCH3 is 1. The van der Waals surface area contributed by atoms with Crippen molar-refractivity contribution in [3.05, 3.63) is 16.8 Å². The van der Waals surface area contributed by atoms with Crippen molar-refractivity contribution in [1.29, 1.82) is 0 Å². The van der Waals surface area contributed by atoms with E-state index in [-0.39, 0.29) is 12.5 Å². The lowest BCUT2D eigenvalue weighted by atomic mass is 10.1. The summed E-state index contributed by atoms with van der Waals surface area (Å²) in [6.07, 6.45) is 1.48. The first-order valence-corrected chi connectivity index (χ1v) is 8.11. The number of aromatic nitrogens is 2. The maximum absolute atomic E-state index is 12.5. The third-order valence-corrected chi connectivity index (χ3v) is 4.58. The highest BCUT2D eigenvalue weighted by Crippen LogP contribution is 2.33. The molecule has 7 nitrogen and oxygen atoms in total. The predicted molar refractivity (Wildman–Crippen MR) is 91.1 cm³/mol. The second-order valence-electron chi connectivity index (χ2n) is 5.87. The fraction of sp³-hybridized carbons (Fsp3) is 0.533. The number of hydrogen-bond donors (Lipinski definition) is 3. The summed E-state index contributed by atoms with van der Waals surface area (Å²) < 4.78 is 5.03. The Morgan fingerprint density at radius 1 is 1.43 bits per heavy atom. The van der Waals surface area contributed by atoms with Gasteiger partial charge in [0.25, 0.3) is 5.91 Å². The van der Waals surface area contributed by atoms with E-state index in [1.165, 1.54) is 17.7 Å². The molecule has 0 bridgehead atoms. The summed E-state index contributed by atoms with van der Waals surface area (Å²) >= 11 is 1.32. The fourth-order valence-electron chi connectivity index (χ4n) is 2.10. The van der Waals surface area contributed by atoms with Crippen molar-refractivity contribution in [3.63, 3.8) is 0 Å². The average molecular weight is 338 g/mol. The molecule has 2 heterocycles. The zero-order chi connectivity index (χ0) is 17.0. The van der Waals surface area contributed by atoms with Crippen LogP contribution in [0.5, 0.6) is 0 Å². The molecular weight excluding hydrogens is 316 g/mol. The number of nitrogens with one attached hydrogen (secondary N) is 2. The second-order valence-corrected chi connectivity index (χ2v) is 6.87. The summed E-state index contributed by atoms with van der Waals surface area (Å²) in [7, 11) is 1.64. The van der Waals surface area contributed by atoms with Gasteiger partial charge in [0.2, 0.25) is 0 Å². The quantitative estimate of drug-likeness (QED) is 0.663. The molecule has 8 heteroatoms. The van der Waals surface area contributed by atoms with Crippen LogP contribution in [0, 0.1) is 6.92 Å². The Morgan fingerprint density at radius 3 is 2.83 bits per heavy atom. The van der Waals surface area contributed by atoms with E-state index in [9.17, 15) is 9.90 Å². The summed E-state index contributed by atoms with van der Waals surface area (Å²) in [5, 5.41) is 16.2. The Hall–Kier alpha value is -1.77. The smallest absolute Gasteiger partial charge is 0.262 e. The number of carbonyl (C=O) groups is 1. The number of carbonyl (C=O) groups excluding carboxylic acids is 1. The number of aliphatic hydroxyl groups excluding tert-OH is 1. The van der Waals surface area contributed by atoms with Gasteiger partial charge in [0, 0.05) is 13.7 Å². The molecule has 2 aromatic rings. The van der Waals surface area contributed by atoms with Crippen molar-refractivity contribution in [1.82, 2.24) is 15.3 Å². The van der Waals surface area contributed by atoms with Gasteiger partial charge in [0.05, 0.1) is 29.0 Å². The van der Waals surface area contributed by atoms with Crippen molar-refractivity contribution in [2.24, 2.45) is 0 Å². The molecule has 126 valence electrons. The van der Waals surface area contributed by atoms with Crippen LogP contribution in [-0.2, 0) is 4.74 Å². The number of amides is 1. The highest BCUT2D eigenvalue weighted by atomic mass is 32.1. The summed E-state index contributed by atoms with van der Waals surface area (Å²) in [6.45, 7) is 6.47. The fourth-order valence-corrected chi connectivity index (χ4v) is 3.14. The van der Waals surface area contributed by atoms with Crippen molar-refractivity contribution >= 4 is 33.3 Å². The van der Waals surface area contributed by atoms with Crippen LogP contribution in [0.1, 0.15) is 29.1 Å². The lowest BCUT2D eigenvalue weighted by Gasteiger charge is -2.23. The number of aliphatic hydroxyl groups is 1. The molecule has 0 saturated carbocycles.